The highest BCUT2D eigenvalue weighted by atomic mass is 35.5. The summed E-state index contributed by atoms with van der Waals surface area (Å²) >= 11 is 11.7. The molecule has 0 heterocycles. The van der Waals surface area contributed by atoms with E-state index in [-0.39, 0.29) is 22.2 Å². The summed E-state index contributed by atoms with van der Waals surface area (Å²) in [6, 6.07) is 6.41. The van der Waals surface area contributed by atoms with E-state index in [9.17, 15) is 4.79 Å². The van der Waals surface area contributed by atoms with Crippen LogP contribution in [0.25, 0.3) is 0 Å². The number of Topliss-reactive ketones (excluding diaryl/α,β-unsaturated/α-hetero) is 1. The van der Waals surface area contributed by atoms with Gasteiger partial charge in [-0.2, -0.15) is 5.26 Å². The Morgan fingerprint density at radius 2 is 2.11 bits per heavy atom. The summed E-state index contributed by atoms with van der Waals surface area (Å²) < 4.78 is 0. The number of carbonyl (C=O) groups excluding carboxylic acids is 1. The van der Waals surface area contributed by atoms with Crippen LogP contribution in [0.4, 0.5) is 0 Å². The van der Waals surface area contributed by atoms with Crippen molar-refractivity contribution in [1.29, 1.82) is 10.7 Å². The van der Waals surface area contributed by atoms with Gasteiger partial charge in [0.25, 0.3) is 0 Å². The SMILES string of the molecule is N#CC(C(=N)C1CC1)C(=O)c1ccc(Cl)cc1Cl. The van der Waals surface area contributed by atoms with Gasteiger partial charge >= 0.3 is 0 Å². The fourth-order valence-electron chi connectivity index (χ4n) is 1.74. The van der Waals surface area contributed by atoms with Crippen LogP contribution in [0.1, 0.15) is 23.2 Å². The second kappa shape index (κ2) is 5.09. The Hall–Kier alpha value is -1.37. The third-order valence-electron chi connectivity index (χ3n) is 2.92. The molecule has 1 aliphatic carbocycles. The van der Waals surface area contributed by atoms with Crippen LogP contribution in [0.3, 0.4) is 0 Å². The summed E-state index contributed by atoms with van der Waals surface area (Å²) in [4.78, 5) is 12.2. The molecule has 1 fully saturated rings. The lowest BCUT2D eigenvalue weighted by atomic mass is 9.92. The molecule has 1 aromatic rings. The molecule has 2 rings (SSSR count). The maximum atomic E-state index is 12.2. The van der Waals surface area contributed by atoms with E-state index in [0.29, 0.717) is 5.02 Å². The van der Waals surface area contributed by atoms with Gasteiger partial charge in [0, 0.05) is 16.3 Å². The molecular weight excluding hydrogens is 271 g/mol. The molecule has 0 bridgehead atoms. The van der Waals surface area contributed by atoms with Gasteiger partial charge in [-0.3, -0.25) is 4.79 Å². The van der Waals surface area contributed by atoms with Gasteiger partial charge in [0.15, 0.2) is 5.78 Å². The number of benzene rings is 1. The van der Waals surface area contributed by atoms with Crippen molar-refractivity contribution in [2.75, 3.05) is 0 Å². The lowest BCUT2D eigenvalue weighted by Crippen LogP contribution is -2.23. The summed E-state index contributed by atoms with van der Waals surface area (Å²) in [5, 5.41) is 17.6. The molecule has 1 aromatic carbocycles. The molecule has 18 heavy (non-hydrogen) atoms. The van der Waals surface area contributed by atoms with Gasteiger partial charge in [-0.25, -0.2) is 0 Å². The van der Waals surface area contributed by atoms with Gasteiger partial charge in [0.05, 0.1) is 11.1 Å². The van der Waals surface area contributed by atoms with Crippen LogP contribution in [0, 0.1) is 28.6 Å². The Kier molecular flexibility index (Phi) is 3.70. The molecule has 0 saturated heterocycles. The highest BCUT2D eigenvalue weighted by Gasteiger charge is 2.36. The van der Waals surface area contributed by atoms with Gasteiger partial charge in [-0.15, -0.1) is 0 Å². The van der Waals surface area contributed by atoms with E-state index in [4.69, 9.17) is 33.9 Å². The lowest BCUT2D eigenvalue weighted by Gasteiger charge is -2.10. The molecule has 5 heteroatoms. The third-order valence-corrected chi connectivity index (χ3v) is 3.46. The Bertz CT molecular complexity index is 559. The van der Waals surface area contributed by atoms with E-state index >= 15 is 0 Å². The molecule has 1 atom stereocenters. The number of carbonyl (C=O) groups is 1. The van der Waals surface area contributed by atoms with E-state index < -0.39 is 11.7 Å². The molecule has 0 spiro atoms. The number of hydrogen-bond donors (Lipinski definition) is 1. The Labute approximate surface area is 115 Å². The van der Waals surface area contributed by atoms with E-state index in [1.54, 1.807) is 6.07 Å². The van der Waals surface area contributed by atoms with Gasteiger partial charge in [0.1, 0.15) is 5.92 Å². The van der Waals surface area contributed by atoms with Crippen molar-refractivity contribution in [3.05, 3.63) is 33.8 Å². The van der Waals surface area contributed by atoms with Crippen LogP contribution in [0.5, 0.6) is 0 Å². The zero-order chi connectivity index (χ0) is 13.3. The zero-order valence-corrected chi connectivity index (χ0v) is 10.9. The number of nitriles is 1. The minimum absolute atomic E-state index is 0.0877. The molecule has 0 aliphatic heterocycles. The molecular formula is C13H10Cl2N2O. The zero-order valence-electron chi connectivity index (χ0n) is 9.41. The Morgan fingerprint density at radius 3 is 2.61 bits per heavy atom. The maximum Gasteiger partial charge on any atom is 0.187 e. The number of nitrogens with zero attached hydrogens (tertiary/aromatic N) is 1. The summed E-state index contributed by atoms with van der Waals surface area (Å²) in [5.41, 5.74) is 0.450. The Morgan fingerprint density at radius 1 is 1.44 bits per heavy atom. The second-order valence-electron chi connectivity index (χ2n) is 4.28. The number of ketones is 1. The van der Waals surface area contributed by atoms with Crippen molar-refractivity contribution in [1.82, 2.24) is 0 Å². The molecule has 1 saturated carbocycles. The first-order valence-electron chi connectivity index (χ1n) is 5.51. The predicted octanol–water partition coefficient (Wildman–Crippen LogP) is 3.75. The van der Waals surface area contributed by atoms with Crippen LogP contribution in [0.2, 0.25) is 10.0 Å². The summed E-state index contributed by atoms with van der Waals surface area (Å²) in [6.45, 7) is 0. The summed E-state index contributed by atoms with van der Waals surface area (Å²) in [6.07, 6.45) is 1.78. The predicted molar refractivity (Wildman–Crippen MR) is 70.3 cm³/mol. The fraction of sp³-hybridized carbons (Fsp3) is 0.308. The van der Waals surface area contributed by atoms with Crippen LogP contribution in [0.15, 0.2) is 18.2 Å². The summed E-state index contributed by atoms with van der Waals surface area (Å²) in [7, 11) is 0. The van der Waals surface area contributed by atoms with E-state index in [1.807, 2.05) is 6.07 Å². The Balaban J connectivity index is 2.29. The van der Waals surface area contributed by atoms with E-state index in [0.717, 1.165) is 12.8 Å². The fourth-order valence-corrected chi connectivity index (χ4v) is 2.25. The van der Waals surface area contributed by atoms with Crippen LogP contribution in [-0.4, -0.2) is 11.5 Å². The molecule has 1 unspecified atom stereocenters. The van der Waals surface area contributed by atoms with Crippen molar-refractivity contribution in [2.24, 2.45) is 11.8 Å². The average molecular weight is 281 g/mol. The molecule has 3 nitrogen and oxygen atoms in total. The summed E-state index contributed by atoms with van der Waals surface area (Å²) in [5.74, 6) is -1.36. The first-order chi connectivity index (χ1) is 8.54. The third kappa shape index (κ3) is 2.55. The van der Waals surface area contributed by atoms with Crippen molar-refractivity contribution >= 4 is 34.7 Å². The second-order valence-corrected chi connectivity index (χ2v) is 5.12. The number of halogens is 2. The van der Waals surface area contributed by atoms with Crippen molar-refractivity contribution in [3.63, 3.8) is 0 Å². The quantitative estimate of drug-likeness (QED) is 0.674. The molecule has 1 N–H and O–H groups in total. The lowest BCUT2D eigenvalue weighted by molar-refractivity contribution is 0.0974. The molecule has 0 aromatic heterocycles. The average Bonchev–Trinajstić information content (AvgIpc) is 3.13. The number of hydrogen-bond acceptors (Lipinski definition) is 3. The first-order valence-corrected chi connectivity index (χ1v) is 6.27. The van der Waals surface area contributed by atoms with Crippen LogP contribution >= 0.6 is 23.2 Å². The van der Waals surface area contributed by atoms with E-state index in [1.165, 1.54) is 12.1 Å². The largest absolute Gasteiger partial charge is 0.308 e. The van der Waals surface area contributed by atoms with Crippen LogP contribution in [-0.2, 0) is 0 Å². The molecule has 92 valence electrons. The number of nitrogens with one attached hydrogen (secondary N) is 1. The van der Waals surface area contributed by atoms with Crippen molar-refractivity contribution < 1.29 is 4.79 Å². The standard InChI is InChI=1S/C13H10Cl2N2O/c14-8-3-4-9(11(15)5-8)13(18)10(6-16)12(17)7-1-2-7/h3-5,7,10,17H,1-2H2. The van der Waals surface area contributed by atoms with Crippen LogP contribution < -0.4 is 0 Å². The molecule has 0 amide bonds. The maximum absolute atomic E-state index is 12.2. The van der Waals surface area contributed by atoms with Gasteiger partial charge in [-0.1, -0.05) is 23.2 Å². The van der Waals surface area contributed by atoms with Gasteiger partial charge in [0.2, 0.25) is 0 Å². The van der Waals surface area contributed by atoms with Gasteiger partial charge in [-0.05, 0) is 37.0 Å². The minimum atomic E-state index is -1.03. The van der Waals surface area contributed by atoms with Crippen molar-refractivity contribution in [2.45, 2.75) is 12.8 Å². The minimum Gasteiger partial charge on any atom is -0.308 e. The topological polar surface area (TPSA) is 64.7 Å². The monoisotopic (exact) mass is 280 g/mol. The van der Waals surface area contributed by atoms with E-state index in [2.05, 4.69) is 0 Å². The number of rotatable bonds is 4. The van der Waals surface area contributed by atoms with Gasteiger partial charge < -0.3 is 5.41 Å². The van der Waals surface area contributed by atoms with Crippen molar-refractivity contribution in [3.8, 4) is 6.07 Å². The normalized spacial score (nSPS) is 15.8. The molecule has 0 radical (unpaired) electrons. The molecule has 1 aliphatic rings. The first kappa shape index (κ1) is 13.1. The highest BCUT2D eigenvalue weighted by Crippen LogP contribution is 2.34. The highest BCUT2D eigenvalue weighted by molar-refractivity contribution is 6.37. The smallest absolute Gasteiger partial charge is 0.187 e.